The van der Waals surface area contributed by atoms with Crippen LogP contribution < -0.4 is 0 Å². The van der Waals surface area contributed by atoms with Gasteiger partial charge < -0.3 is 0 Å². The van der Waals surface area contributed by atoms with Gasteiger partial charge in [0.05, 0.1) is 0 Å². The van der Waals surface area contributed by atoms with Crippen LogP contribution in [0.3, 0.4) is 0 Å². The number of benzene rings is 4. The third-order valence-corrected chi connectivity index (χ3v) is 4.89. The summed E-state index contributed by atoms with van der Waals surface area (Å²) in [6, 6.07) is 37.9. The van der Waals surface area contributed by atoms with Gasteiger partial charge in [-0.05, 0) is 6.42 Å². The maximum atomic E-state index is 3.72. The minimum atomic E-state index is 1.01. The molecule has 0 saturated heterocycles. The minimum Gasteiger partial charge on any atom is -0.273 e. The summed E-state index contributed by atoms with van der Waals surface area (Å²) in [5.41, 5.74) is 7.65. The van der Waals surface area contributed by atoms with E-state index in [1.807, 2.05) is 110 Å². The molecule has 35 heavy (non-hydrogen) atoms. The van der Waals surface area contributed by atoms with Crippen molar-refractivity contribution in [3.05, 3.63) is 170 Å². The molecule has 0 nitrogen and oxygen atoms in total. The van der Waals surface area contributed by atoms with Gasteiger partial charge in [-0.3, -0.25) is 6.08 Å². The van der Waals surface area contributed by atoms with E-state index in [1.165, 1.54) is 22.3 Å². The predicted octanol–water partition coefficient (Wildman–Crippen LogP) is 8.46. The Morgan fingerprint density at radius 2 is 1.29 bits per heavy atom. The molecule has 4 aromatic carbocycles. The second-order valence-corrected chi connectivity index (χ2v) is 8.56. The summed E-state index contributed by atoms with van der Waals surface area (Å²) >= 11 is 2.00. The first-order valence-electron chi connectivity index (χ1n) is 11.6. The zero-order chi connectivity index (χ0) is 25.1. The molecule has 176 valence electrons. The Morgan fingerprint density at radius 1 is 0.743 bits per heavy atom. The fourth-order valence-corrected chi connectivity index (χ4v) is 3.29. The molecule has 0 N–H and O–H groups in total. The van der Waals surface area contributed by atoms with Crippen molar-refractivity contribution in [2.45, 2.75) is 19.8 Å². The first-order valence-corrected chi connectivity index (χ1v) is 12.5. The van der Waals surface area contributed by atoms with E-state index >= 15 is 0 Å². The van der Waals surface area contributed by atoms with E-state index in [0.717, 1.165) is 24.0 Å². The van der Waals surface area contributed by atoms with E-state index in [2.05, 4.69) is 68.5 Å². The molecule has 2 aliphatic carbocycles. The Morgan fingerprint density at radius 3 is 1.74 bits per heavy atom. The molecule has 0 bridgehead atoms. The third kappa shape index (κ3) is 11.1. The van der Waals surface area contributed by atoms with Gasteiger partial charge in [0.25, 0.3) is 0 Å². The van der Waals surface area contributed by atoms with Gasteiger partial charge in [-0.25, -0.2) is 12.2 Å². The van der Waals surface area contributed by atoms with E-state index in [0.29, 0.717) is 0 Å². The molecule has 0 saturated carbocycles. The maximum Gasteiger partial charge on any atom is -0.0253 e. The Hall–Kier alpha value is -3.32. The number of allylic oxidation sites excluding steroid dienone is 4. The van der Waals surface area contributed by atoms with E-state index in [1.54, 1.807) is 0 Å². The fourth-order valence-electron chi connectivity index (χ4n) is 3.29. The van der Waals surface area contributed by atoms with Crippen LogP contribution in [0, 0.1) is 26.0 Å². The van der Waals surface area contributed by atoms with Crippen molar-refractivity contribution < 1.29 is 20.0 Å². The van der Waals surface area contributed by atoms with Crippen LogP contribution in [0.4, 0.5) is 0 Å². The van der Waals surface area contributed by atoms with E-state index in [-0.39, 0.29) is 0 Å². The molecular weight excluding hydrogens is 456 g/mol. The zero-order valence-corrected chi connectivity index (χ0v) is 22.0. The van der Waals surface area contributed by atoms with Crippen molar-refractivity contribution in [2.24, 2.45) is 0 Å². The predicted molar refractivity (Wildman–Crippen MR) is 149 cm³/mol. The molecule has 4 aromatic rings. The van der Waals surface area contributed by atoms with Crippen LogP contribution in [-0.4, -0.2) is 4.31 Å². The van der Waals surface area contributed by atoms with Crippen LogP contribution in [0.1, 0.15) is 35.6 Å². The smallest absolute Gasteiger partial charge is 0.0253 e. The molecule has 0 radical (unpaired) electrons. The SMILES string of the molecule is C[CH]=[Ti].[C-]1=CC=CC1.[CH2-]c1ccccc1.[CH2-]c1ccccc1.[c-]1cccc2c1Cc1ccccc1-2. The second-order valence-electron chi connectivity index (χ2n) is 7.66. The Kier molecular flexibility index (Phi) is 13.7. The monoisotopic (exact) mass is 488 g/mol. The Balaban J connectivity index is 0.000000169. The van der Waals surface area contributed by atoms with Gasteiger partial charge in [-0.2, -0.15) is 85.1 Å². The molecular formula is C34H32Ti-4. The maximum absolute atomic E-state index is 3.72. The molecule has 0 aromatic heterocycles. The normalized spacial score (nSPS) is 10.9. The van der Waals surface area contributed by atoms with Gasteiger partial charge in [0.1, 0.15) is 0 Å². The second kappa shape index (κ2) is 17.2. The summed E-state index contributed by atoms with van der Waals surface area (Å²) in [7, 11) is 0. The van der Waals surface area contributed by atoms with Crippen molar-refractivity contribution in [3.63, 3.8) is 0 Å². The van der Waals surface area contributed by atoms with Gasteiger partial charge in [0.2, 0.25) is 0 Å². The summed E-state index contributed by atoms with van der Waals surface area (Å²) in [6.45, 7) is 9.44. The van der Waals surface area contributed by atoms with Gasteiger partial charge in [0, 0.05) is 0 Å². The standard InChI is InChI=1S/C13H9.2C7H7.C5H5.C2H4.Ti/c1-3-7-12-10(5-1)9-11-6-2-4-8-13(11)12;2*1-7-5-3-2-4-6-7;1-2-4-5-3-1;1-2;/h1-5,7-8H,9H2;2*2-6H,1H2;1-3H,4H2;1H,2H3;/q4*-1;;. The van der Waals surface area contributed by atoms with Crippen LogP contribution in [0.15, 0.2) is 121 Å². The summed E-state index contributed by atoms with van der Waals surface area (Å²) in [5.74, 6) is 0. The fraction of sp³-hybridized carbons (Fsp3) is 0.0882. The third-order valence-electron chi connectivity index (χ3n) is 4.89. The molecule has 0 unspecified atom stereocenters. The van der Waals surface area contributed by atoms with Crippen molar-refractivity contribution in [3.8, 4) is 11.1 Å². The molecule has 0 atom stereocenters. The number of hydrogen-bond donors (Lipinski definition) is 0. The molecule has 0 amide bonds. The average molecular weight is 488 g/mol. The van der Waals surface area contributed by atoms with Gasteiger partial charge in [-0.1, -0.05) is 47.5 Å². The van der Waals surface area contributed by atoms with Crippen LogP contribution >= 0.6 is 0 Å². The molecule has 0 fully saturated rings. The molecule has 1 heteroatoms. The van der Waals surface area contributed by atoms with Crippen molar-refractivity contribution in [2.75, 3.05) is 0 Å². The van der Waals surface area contributed by atoms with Crippen LogP contribution in [0.2, 0.25) is 0 Å². The average Bonchev–Trinajstić information content (AvgIpc) is 3.58. The number of rotatable bonds is 0. The van der Waals surface area contributed by atoms with E-state index in [9.17, 15) is 0 Å². The minimum absolute atomic E-state index is 1.01. The quantitative estimate of drug-likeness (QED) is 0.152. The molecule has 6 rings (SSSR count). The van der Waals surface area contributed by atoms with Crippen molar-refractivity contribution in [1.29, 1.82) is 0 Å². The topological polar surface area (TPSA) is 0 Å². The van der Waals surface area contributed by atoms with Crippen LogP contribution in [-0.2, 0) is 26.4 Å². The van der Waals surface area contributed by atoms with E-state index < -0.39 is 0 Å². The zero-order valence-electron chi connectivity index (χ0n) is 20.5. The summed E-state index contributed by atoms with van der Waals surface area (Å²) < 4.78 is 2.00. The molecule has 0 heterocycles. The number of hydrogen-bond acceptors (Lipinski definition) is 0. The summed E-state index contributed by atoms with van der Waals surface area (Å²) in [6.07, 6.45) is 11.0. The number of fused-ring (bicyclic) bond motifs is 3. The molecule has 0 spiro atoms. The van der Waals surface area contributed by atoms with Crippen molar-refractivity contribution >= 4 is 4.31 Å². The van der Waals surface area contributed by atoms with E-state index in [4.69, 9.17) is 0 Å². The van der Waals surface area contributed by atoms with Gasteiger partial charge in [-0.15, -0.1) is 36.2 Å². The summed E-state index contributed by atoms with van der Waals surface area (Å²) in [5, 5.41) is 0. The summed E-state index contributed by atoms with van der Waals surface area (Å²) in [4.78, 5) is 0. The Labute approximate surface area is 224 Å². The molecule has 2 aliphatic rings. The molecule has 0 aliphatic heterocycles. The Bertz CT molecular complexity index is 1080. The van der Waals surface area contributed by atoms with Crippen LogP contribution in [0.5, 0.6) is 0 Å². The van der Waals surface area contributed by atoms with Crippen molar-refractivity contribution in [1.82, 2.24) is 0 Å². The first kappa shape index (κ1) is 27.9. The van der Waals surface area contributed by atoms with Gasteiger partial charge in [0.15, 0.2) is 0 Å². The first-order chi connectivity index (χ1) is 17.2. The van der Waals surface area contributed by atoms with Crippen LogP contribution in [0.25, 0.3) is 11.1 Å². The van der Waals surface area contributed by atoms with Gasteiger partial charge >= 0.3 is 31.2 Å². The largest absolute Gasteiger partial charge is 0.273 e.